The van der Waals surface area contributed by atoms with Crippen molar-refractivity contribution in [2.24, 2.45) is 0 Å². The second-order valence-corrected chi connectivity index (χ2v) is 9.21. The predicted octanol–water partition coefficient (Wildman–Crippen LogP) is 2.55. The van der Waals surface area contributed by atoms with Crippen LogP contribution in [-0.2, 0) is 14.8 Å². The molecule has 0 radical (unpaired) electrons. The summed E-state index contributed by atoms with van der Waals surface area (Å²) in [5, 5.41) is 0. The van der Waals surface area contributed by atoms with E-state index in [-0.39, 0.29) is 18.4 Å². The van der Waals surface area contributed by atoms with E-state index in [1.165, 1.54) is 23.5 Å². The molecule has 1 fully saturated rings. The number of thiophene rings is 1. The van der Waals surface area contributed by atoms with Gasteiger partial charge in [-0.05, 0) is 36.8 Å². The second-order valence-electron chi connectivity index (χ2n) is 5.93. The number of benzene rings is 1. The first-order chi connectivity index (χ1) is 12.0. The summed E-state index contributed by atoms with van der Waals surface area (Å²) in [5.41, 5.74) is 0.883. The molecule has 0 saturated carbocycles. The summed E-state index contributed by atoms with van der Waals surface area (Å²) in [6.07, 6.45) is 0. The summed E-state index contributed by atoms with van der Waals surface area (Å²) in [4.78, 5) is 3.11. The van der Waals surface area contributed by atoms with Gasteiger partial charge in [-0.15, -0.1) is 11.3 Å². The van der Waals surface area contributed by atoms with Crippen LogP contribution in [0.2, 0.25) is 0 Å². The lowest BCUT2D eigenvalue weighted by Crippen LogP contribution is -2.43. The van der Waals surface area contributed by atoms with E-state index in [0.29, 0.717) is 30.5 Å². The Balaban J connectivity index is 1.78. The molecular formula is C17H21FN2O3S2. The fourth-order valence-electron chi connectivity index (χ4n) is 2.85. The van der Waals surface area contributed by atoms with E-state index in [9.17, 15) is 12.8 Å². The molecule has 8 heteroatoms. The molecule has 0 aliphatic carbocycles. The van der Waals surface area contributed by atoms with Gasteiger partial charge in [-0.3, -0.25) is 4.90 Å². The van der Waals surface area contributed by atoms with E-state index < -0.39 is 10.0 Å². The maximum atomic E-state index is 13.2. The number of rotatable bonds is 6. The van der Waals surface area contributed by atoms with Crippen LogP contribution in [0, 0.1) is 12.7 Å². The lowest BCUT2D eigenvalue weighted by atomic mass is 10.0. The summed E-state index contributed by atoms with van der Waals surface area (Å²) in [6, 6.07) is 9.46. The van der Waals surface area contributed by atoms with Crippen LogP contribution in [0.4, 0.5) is 4.39 Å². The van der Waals surface area contributed by atoms with Crippen molar-refractivity contribution in [2.45, 2.75) is 17.2 Å². The van der Waals surface area contributed by atoms with Crippen LogP contribution in [0.25, 0.3) is 0 Å². The van der Waals surface area contributed by atoms with Gasteiger partial charge >= 0.3 is 0 Å². The van der Waals surface area contributed by atoms with Gasteiger partial charge in [0.05, 0.1) is 13.2 Å². The highest BCUT2D eigenvalue weighted by atomic mass is 32.2. The zero-order chi connectivity index (χ0) is 17.9. The van der Waals surface area contributed by atoms with Gasteiger partial charge in [-0.1, -0.05) is 12.1 Å². The van der Waals surface area contributed by atoms with Crippen LogP contribution in [-0.4, -0.2) is 46.2 Å². The van der Waals surface area contributed by atoms with Crippen LogP contribution in [0.5, 0.6) is 0 Å². The topological polar surface area (TPSA) is 58.6 Å². The highest BCUT2D eigenvalue weighted by molar-refractivity contribution is 7.91. The number of ether oxygens (including phenoxy) is 1. The lowest BCUT2D eigenvalue weighted by molar-refractivity contribution is 0.0172. The number of hydrogen-bond donors (Lipinski definition) is 1. The summed E-state index contributed by atoms with van der Waals surface area (Å²) in [6.45, 7) is 4.73. The molecule has 1 N–H and O–H groups in total. The SMILES string of the molecule is Cc1ccc(S(=O)(=O)NCC(c2ccc(F)cc2)N2CCOCC2)s1. The van der Waals surface area contributed by atoms with Gasteiger partial charge in [0, 0.05) is 30.6 Å². The molecule has 0 amide bonds. The number of aryl methyl sites for hydroxylation is 1. The van der Waals surface area contributed by atoms with Crippen molar-refractivity contribution in [3.8, 4) is 0 Å². The standard InChI is InChI=1S/C17H21FN2O3S2/c1-13-2-7-17(24-13)25(21,22)19-12-16(20-8-10-23-11-9-20)14-3-5-15(18)6-4-14/h2-7,16,19H,8-12H2,1H3. The van der Waals surface area contributed by atoms with Gasteiger partial charge < -0.3 is 4.74 Å². The van der Waals surface area contributed by atoms with Crippen LogP contribution in [0.15, 0.2) is 40.6 Å². The normalized spacial score (nSPS) is 17.5. The Hall–Kier alpha value is -1.32. The Morgan fingerprint density at radius 2 is 1.88 bits per heavy atom. The first kappa shape index (κ1) is 18.5. The molecule has 2 heterocycles. The molecule has 1 atom stereocenters. The average molecular weight is 384 g/mol. The maximum absolute atomic E-state index is 13.2. The quantitative estimate of drug-likeness (QED) is 0.832. The molecule has 3 rings (SSSR count). The van der Waals surface area contributed by atoms with Crippen molar-refractivity contribution in [3.63, 3.8) is 0 Å². The number of sulfonamides is 1. The summed E-state index contributed by atoms with van der Waals surface area (Å²) in [5.74, 6) is -0.306. The molecule has 1 aromatic heterocycles. The number of nitrogens with zero attached hydrogens (tertiary/aromatic N) is 1. The first-order valence-corrected chi connectivity index (χ1v) is 10.4. The van der Waals surface area contributed by atoms with Crippen molar-refractivity contribution in [3.05, 3.63) is 52.7 Å². The van der Waals surface area contributed by atoms with E-state index >= 15 is 0 Å². The fourth-order valence-corrected chi connectivity index (χ4v) is 5.21. The van der Waals surface area contributed by atoms with Gasteiger partial charge in [-0.2, -0.15) is 0 Å². The molecule has 0 bridgehead atoms. The van der Waals surface area contributed by atoms with Gasteiger partial charge in [0.1, 0.15) is 10.0 Å². The van der Waals surface area contributed by atoms with Crippen molar-refractivity contribution in [1.82, 2.24) is 9.62 Å². The van der Waals surface area contributed by atoms with Crippen LogP contribution < -0.4 is 4.72 Å². The molecule has 1 aromatic carbocycles. The zero-order valence-corrected chi connectivity index (χ0v) is 15.6. The largest absolute Gasteiger partial charge is 0.379 e. The Bertz CT molecular complexity index is 800. The van der Waals surface area contributed by atoms with Crippen molar-refractivity contribution in [2.75, 3.05) is 32.8 Å². The molecule has 136 valence electrons. The Morgan fingerprint density at radius 3 is 2.48 bits per heavy atom. The smallest absolute Gasteiger partial charge is 0.250 e. The molecule has 5 nitrogen and oxygen atoms in total. The highest BCUT2D eigenvalue weighted by Gasteiger charge is 2.25. The minimum Gasteiger partial charge on any atom is -0.379 e. The van der Waals surface area contributed by atoms with Gasteiger partial charge in [0.15, 0.2) is 0 Å². The Morgan fingerprint density at radius 1 is 1.20 bits per heavy atom. The number of halogens is 1. The molecule has 0 spiro atoms. The third-order valence-electron chi connectivity index (χ3n) is 4.19. The van der Waals surface area contributed by atoms with Crippen molar-refractivity contribution in [1.29, 1.82) is 0 Å². The highest BCUT2D eigenvalue weighted by Crippen LogP contribution is 2.24. The van der Waals surface area contributed by atoms with Gasteiger partial charge in [0.25, 0.3) is 0 Å². The Labute approximate surface area is 151 Å². The monoisotopic (exact) mass is 384 g/mol. The Kier molecular flexibility index (Phi) is 5.85. The molecule has 2 aromatic rings. The minimum atomic E-state index is -3.55. The van der Waals surface area contributed by atoms with Crippen molar-refractivity contribution >= 4 is 21.4 Å². The van der Waals surface area contributed by atoms with E-state index in [2.05, 4.69) is 9.62 Å². The number of nitrogens with one attached hydrogen (secondary N) is 1. The lowest BCUT2D eigenvalue weighted by Gasteiger charge is -2.34. The maximum Gasteiger partial charge on any atom is 0.250 e. The number of hydrogen-bond acceptors (Lipinski definition) is 5. The van der Waals surface area contributed by atoms with E-state index in [4.69, 9.17) is 4.74 Å². The van der Waals surface area contributed by atoms with Gasteiger partial charge in [0.2, 0.25) is 10.0 Å². The third kappa shape index (κ3) is 4.65. The van der Waals surface area contributed by atoms with Gasteiger partial charge in [-0.25, -0.2) is 17.5 Å². The summed E-state index contributed by atoms with van der Waals surface area (Å²) < 4.78 is 46.7. The summed E-state index contributed by atoms with van der Waals surface area (Å²) in [7, 11) is -3.55. The average Bonchev–Trinajstić information content (AvgIpc) is 3.05. The van der Waals surface area contributed by atoms with Crippen LogP contribution in [0.1, 0.15) is 16.5 Å². The molecule has 1 aliphatic heterocycles. The third-order valence-corrected chi connectivity index (χ3v) is 7.10. The van der Waals surface area contributed by atoms with E-state index in [0.717, 1.165) is 10.4 Å². The van der Waals surface area contributed by atoms with Crippen LogP contribution in [0.3, 0.4) is 0 Å². The zero-order valence-electron chi connectivity index (χ0n) is 13.9. The molecule has 25 heavy (non-hydrogen) atoms. The predicted molar refractivity (Wildman–Crippen MR) is 95.8 cm³/mol. The van der Waals surface area contributed by atoms with E-state index in [1.54, 1.807) is 24.3 Å². The summed E-state index contributed by atoms with van der Waals surface area (Å²) >= 11 is 1.25. The molecule has 1 aliphatic rings. The molecule has 1 unspecified atom stereocenters. The van der Waals surface area contributed by atoms with E-state index in [1.807, 2.05) is 6.92 Å². The van der Waals surface area contributed by atoms with Crippen LogP contribution >= 0.6 is 11.3 Å². The first-order valence-electron chi connectivity index (χ1n) is 8.09. The minimum absolute atomic E-state index is 0.166. The number of morpholine rings is 1. The second kappa shape index (κ2) is 7.92. The van der Waals surface area contributed by atoms with Crippen molar-refractivity contribution < 1.29 is 17.5 Å². The molecular weight excluding hydrogens is 363 g/mol. The molecule has 1 saturated heterocycles. The fraction of sp³-hybridized carbons (Fsp3) is 0.412.